The largest absolute Gasteiger partial charge is 0.465 e. The molecule has 0 bridgehead atoms. The van der Waals surface area contributed by atoms with Crippen LogP contribution in [0.5, 0.6) is 0 Å². The molecular formula is C15H19NO2. The van der Waals surface area contributed by atoms with Gasteiger partial charge in [-0.05, 0) is 24.6 Å². The van der Waals surface area contributed by atoms with Crippen LogP contribution >= 0.6 is 0 Å². The number of hydrogen-bond donors (Lipinski definition) is 1. The number of aryl methyl sites for hydroxylation is 1. The fraction of sp³-hybridized carbons (Fsp3) is 0.333. The number of nitrogens with one attached hydrogen (secondary N) is 1. The van der Waals surface area contributed by atoms with Crippen molar-refractivity contribution in [2.45, 2.75) is 19.6 Å². The zero-order chi connectivity index (χ0) is 12.8. The molecule has 0 saturated heterocycles. The first kappa shape index (κ1) is 12.9. The van der Waals surface area contributed by atoms with E-state index in [0.29, 0.717) is 0 Å². The van der Waals surface area contributed by atoms with Crippen LogP contribution < -0.4 is 5.32 Å². The second-order valence-corrected chi connectivity index (χ2v) is 4.28. The van der Waals surface area contributed by atoms with Gasteiger partial charge >= 0.3 is 0 Å². The lowest BCUT2D eigenvalue weighted by atomic mass is 10.1. The monoisotopic (exact) mass is 245 g/mol. The maximum atomic E-state index is 5.50. The van der Waals surface area contributed by atoms with E-state index in [1.165, 1.54) is 5.56 Å². The van der Waals surface area contributed by atoms with Gasteiger partial charge in [-0.3, -0.25) is 0 Å². The quantitative estimate of drug-likeness (QED) is 0.849. The van der Waals surface area contributed by atoms with Crippen LogP contribution in [0.3, 0.4) is 0 Å². The first-order chi connectivity index (χ1) is 8.79. The van der Waals surface area contributed by atoms with Crippen molar-refractivity contribution < 1.29 is 9.15 Å². The summed E-state index contributed by atoms with van der Waals surface area (Å²) in [6.07, 6.45) is 0.0715. The van der Waals surface area contributed by atoms with E-state index in [1.54, 1.807) is 7.11 Å². The molecule has 18 heavy (non-hydrogen) atoms. The van der Waals surface area contributed by atoms with Crippen molar-refractivity contribution in [2.75, 3.05) is 13.7 Å². The third-order valence-corrected chi connectivity index (χ3v) is 2.88. The van der Waals surface area contributed by atoms with Gasteiger partial charge < -0.3 is 14.5 Å². The Hall–Kier alpha value is -1.58. The predicted molar refractivity (Wildman–Crippen MR) is 71.3 cm³/mol. The maximum Gasteiger partial charge on any atom is 0.117 e. The van der Waals surface area contributed by atoms with E-state index in [1.807, 2.05) is 37.3 Å². The van der Waals surface area contributed by atoms with E-state index < -0.39 is 0 Å². The van der Waals surface area contributed by atoms with Crippen LogP contribution in [0.4, 0.5) is 0 Å². The van der Waals surface area contributed by atoms with E-state index in [9.17, 15) is 0 Å². The number of hydrogen-bond acceptors (Lipinski definition) is 3. The molecule has 0 saturated carbocycles. The van der Waals surface area contributed by atoms with Crippen LogP contribution in [0.15, 0.2) is 46.9 Å². The third-order valence-electron chi connectivity index (χ3n) is 2.88. The summed E-state index contributed by atoms with van der Waals surface area (Å²) >= 11 is 0. The molecule has 2 aromatic rings. The van der Waals surface area contributed by atoms with E-state index in [2.05, 4.69) is 17.4 Å². The lowest BCUT2D eigenvalue weighted by molar-refractivity contribution is 0.101. The zero-order valence-electron chi connectivity index (χ0n) is 10.8. The van der Waals surface area contributed by atoms with Crippen molar-refractivity contribution in [3.05, 3.63) is 59.5 Å². The van der Waals surface area contributed by atoms with Gasteiger partial charge in [0.15, 0.2) is 0 Å². The SMILES string of the molecule is COC(CNCc1ccc(C)o1)c1ccccc1. The second kappa shape index (κ2) is 6.38. The van der Waals surface area contributed by atoms with Gasteiger partial charge in [0.05, 0.1) is 12.6 Å². The lowest BCUT2D eigenvalue weighted by Gasteiger charge is -2.16. The molecule has 3 nitrogen and oxygen atoms in total. The van der Waals surface area contributed by atoms with E-state index >= 15 is 0 Å². The summed E-state index contributed by atoms with van der Waals surface area (Å²) in [5.41, 5.74) is 1.18. The molecular weight excluding hydrogens is 226 g/mol. The van der Waals surface area contributed by atoms with E-state index in [4.69, 9.17) is 9.15 Å². The van der Waals surface area contributed by atoms with E-state index in [0.717, 1.165) is 24.6 Å². The normalized spacial score (nSPS) is 12.6. The highest BCUT2D eigenvalue weighted by atomic mass is 16.5. The van der Waals surface area contributed by atoms with Crippen LogP contribution in [-0.4, -0.2) is 13.7 Å². The first-order valence-electron chi connectivity index (χ1n) is 6.13. The average Bonchev–Trinajstić information content (AvgIpc) is 2.81. The number of furan rings is 1. The van der Waals surface area contributed by atoms with Gasteiger partial charge in [-0.1, -0.05) is 30.3 Å². The Morgan fingerprint density at radius 2 is 1.94 bits per heavy atom. The molecule has 0 fully saturated rings. The third kappa shape index (κ3) is 3.45. The Morgan fingerprint density at radius 3 is 2.56 bits per heavy atom. The standard InChI is InChI=1S/C15H19NO2/c1-12-8-9-14(18-12)10-16-11-15(17-2)13-6-4-3-5-7-13/h3-9,15-16H,10-11H2,1-2H3. The van der Waals surface area contributed by atoms with Crippen LogP contribution in [-0.2, 0) is 11.3 Å². The molecule has 1 aromatic heterocycles. The van der Waals surface area contributed by atoms with Gasteiger partial charge in [0.2, 0.25) is 0 Å². The highest BCUT2D eigenvalue weighted by molar-refractivity contribution is 5.18. The molecule has 0 radical (unpaired) electrons. The van der Waals surface area contributed by atoms with Crippen LogP contribution in [0.1, 0.15) is 23.2 Å². The highest BCUT2D eigenvalue weighted by Gasteiger charge is 2.09. The Kier molecular flexibility index (Phi) is 4.56. The summed E-state index contributed by atoms with van der Waals surface area (Å²) in [5.74, 6) is 1.90. The van der Waals surface area contributed by atoms with Crippen molar-refractivity contribution >= 4 is 0 Å². The minimum Gasteiger partial charge on any atom is -0.465 e. The molecule has 3 heteroatoms. The minimum atomic E-state index is 0.0715. The van der Waals surface area contributed by atoms with Crippen LogP contribution in [0.25, 0.3) is 0 Å². The molecule has 0 spiro atoms. The van der Waals surface area contributed by atoms with Gasteiger partial charge in [0, 0.05) is 13.7 Å². The fourth-order valence-corrected chi connectivity index (χ4v) is 1.91. The fourth-order valence-electron chi connectivity index (χ4n) is 1.91. The Balaban J connectivity index is 1.84. The van der Waals surface area contributed by atoms with Gasteiger partial charge in [0.1, 0.15) is 11.5 Å². The molecule has 1 N–H and O–H groups in total. The Labute approximate surface area is 108 Å². The maximum absolute atomic E-state index is 5.50. The first-order valence-corrected chi connectivity index (χ1v) is 6.13. The summed E-state index contributed by atoms with van der Waals surface area (Å²) in [4.78, 5) is 0. The molecule has 0 aliphatic heterocycles. The van der Waals surface area contributed by atoms with Crippen molar-refractivity contribution in [2.24, 2.45) is 0 Å². The molecule has 2 rings (SSSR count). The number of methoxy groups -OCH3 is 1. The molecule has 0 aliphatic rings. The Bertz CT molecular complexity index is 464. The van der Waals surface area contributed by atoms with Crippen LogP contribution in [0.2, 0.25) is 0 Å². The minimum absolute atomic E-state index is 0.0715. The van der Waals surface area contributed by atoms with Crippen molar-refractivity contribution in [1.29, 1.82) is 0 Å². The smallest absolute Gasteiger partial charge is 0.117 e. The highest BCUT2D eigenvalue weighted by Crippen LogP contribution is 2.15. The molecule has 1 unspecified atom stereocenters. The summed E-state index contributed by atoms with van der Waals surface area (Å²) in [6.45, 7) is 3.44. The summed E-state index contributed by atoms with van der Waals surface area (Å²) in [5, 5.41) is 3.35. The lowest BCUT2D eigenvalue weighted by Crippen LogP contribution is -2.22. The number of benzene rings is 1. The van der Waals surface area contributed by atoms with Crippen molar-refractivity contribution in [3.8, 4) is 0 Å². The molecule has 0 amide bonds. The molecule has 1 aromatic carbocycles. The number of ether oxygens (including phenoxy) is 1. The van der Waals surface area contributed by atoms with E-state index in [-0.39, 0.29) is 6.10 Å². The van der Waals surface area contributed by atoms with Gasteiger partial charge in [-0.15, -0.1) is 0 Å². The van der Waals surface area contributed by atoms with Gasteiger partial charge in [-0.2, -0.15) is 0 Å². The van der Waals surface area contributed by atoms with Gasteiger partial charge in [-0.25, -0.2) is 0 Å². The van der Waals surface area contributed by atoms with Gasteiger partial charge in [0.25, 0.3) is 0 Å². The topological polar surface area (TPSA) is 34.4 Å². The summed E-state index contributed by atoms with van der Waals surface area (Å²) < 4.78 is 11.0. The average molecular weight is 245 g/mol. The second-order valence-electron chi connectivity index (χ2n) is 4.28. The number of rotatable bonds is 6. The predicted octanol–water partition coefficient (Wildman–Crippen LogP) is 3.07. The summed E-state index contributed by atoms with van der Waals surface area (Å²) in [6, 6.07) is 14.2. The van der Waals surface area contributed by atoms with Crippen LogP contribution in [0, 0.1) is 6.92 Å². The molecule has 1 atom stereocenters. The van der Waals surface area contributed by atoms with Crippen molar-refractivity contribution in [3.63, 3.8) is 0 Å². The molecule has 1 heterocycles. The summed E-state index contributed by atoms with van der Waals surface area (Å²) in [7, 11) is 1.73. The van der Waals surface area contributed by atoms with Crippen molar-refractivity contribution in [1.82, 2.24) is 5.32 Å². The zero-order valence-corrected chi connectivity index (χ0v) is 10.8. The molecule has 0 aliphatic carbocycles. The Morgan fingerprint density at radius 1 is 1.17 bits per heavy atom. The molecule has 96 valence electrons.